The minimum atomic E-state index is -0.302. The summed E-state index contributed by atoms with van der Waals surface area (Å²) in [6, 6.07) is 8.52. The van der Waals surface area contributed by atoms with Crippen LogP contribution in [-0.2, 0) is 4.79 Å². The second-order valence-corrected chi connectivity index (χ2v) is 7.53. The number of ether oxygens (including phenoxy) is 1. The molecule has 1 saturated heterocycles. The van der Waals surface area contributed by atoms with E-state index in [-0.39, 0.29) is 27.8 Å². The number of aryl methyl sites for hydroxylation is 1. The van der Waals surface area contributed by atoms with E-state index in [1.165, 1.54) is 19.2 Å². The number of piperidine rings is 1. The first kappa shape index (κ1) is 20.4. The highest BCUT2D eigenvalue weighted by Crippen LogP contribution is 2.34. The topological polar surface area (TPSA) is 71.5 Å². The second kappa shape index (κ2) is 8.80. The predicted octanol–water partition coefficient (Wildman–Crippen LogP) is 4.20. The highest BCUT2D eigenvalue weighted by atomic mass is 35.5. The molecule has 8 heteroatoms. The molecule has 28 heavy (non-hydrogen) atoms. The van der Waals surface area contributed by atoms with Gasteiger partial charge in [0, 0.05) is 24.3 Å². The minimum Gasteiger partial charge on any atom is -0.494 e. The summed E-state index contributed by atoms with van der Waals surface area (Å²) >= 11 is 12.3. The van der Waals surface area contributed by atoms with Crippen molar-refractivity contribution in [3.63, 3.8) is 0 Å². The van der Waals surface area contributed by atoms with E-state index in [2.05, 4.69) is 10.3 Å². The fraction of sp³-hybridized carbons (Fsp3) is 0.350. The second-order valence-electron chi connectivity index (χ2n) is 6.72. The molecule has 1 fully saturated rings. The van der Waals surface area contributed by atoms with Crippen LogP contribution in [0.25, 0.3) is 0 Å². The third kappa shape index (κ3) is 4.56. The van der Waals surface area contributed by atoms with Gasteiger partial charge in [-0.05, 0) is 44.0 Å². The summed E-state index contributed by atoms with van der Waals surface area (Å²) < 4.78 is 5.12. The molecule has 2 amide bonds. The third-order valence-electron chi connectivity index (χ3n) is 4.67. The van der Waals surface area contributed by atoms with Gasteiger partial charge < -0.3 is 15.0 Å². The molecular formula is C20H21Cl2N3O3. The Morgan fingerprint density at radius 1 is 1.25 bits per heavy atom. The van der Waals surface area contributed by atoms with Gasteiger partial charge in [0.25, 0.3) is 5.91 Å². The number of hydrogen-bond acceptors (Lipinski definition) is 4. The maximum Gasteiger partial charge on any atom is 0.253 e. The maximum atomic E-state index is 12.9. The van der Waals surface area contributed by atoms with Gasteiger partial charge in [0.15, 0.2) is 5.75 Å². The first-order valence-corrected chi connectivity index (χ1v) is 9.71. The van der Waals surface area contributed by atoms with Crippen molar-refractivity contribution in [2.24, 2.45) is 5.92 Å². The van der Waals surface area contributed by atoms with Crippen LogP contribution in [0, 0.1) is 12.8 Å². The summed E-state index contributed by atoms with van der Waals surface area (Å²) in [5, 5.41) is 3.38. The molecule has 2 heterocycles. The van der Waals surface area contributed by atoms with Crippen LogP contribution in [0.15, 0.2) is 30.3 Å². The lowest BCUT2D eigenvalue weighted by atomic mass is 9.96. The van der Waals surface area contributed by atoms with Crippen molar-refractivity contribution in [1.82, 2.24) is 9.88 Å². The van der Waals surface area contributed by atoms with E-state index in [1.807, 2.05) is 19.1 Å². The number of hydrogen-bond donors (Lipinski definition) is 1. The number of likely N-dealkylation sites (tertiary alicyclic amines) is 1. The molecule has 3 rings (SSSR count). The van der Waals surface area contributed by atoms with Crippen LogP contribution < -0.4 is 10.1 Å². The molecule has 1 N–H and O–H groups in total. The summed E-state index contributed by atoms with van der Waals surface area (Å²) in [7, 11) is 1.46. The van der Waals surface area contributed by atoms with Gasteiger partial charge >= 0.3 is 0 Å². The van der Waals surface area contributed by atoms with Crippen molar-refractivity contribution in [1.29, 1.82) is 0 Å². The Hall–Kier alpha value is -2.31. The molecule has 1 aromatic carbocycles. The van der Waals surface area contributed by atoms with Crippen LogP contribution in [-0.4, -0.2) is 41.9 Å². The Bertz CT molecular complexity index is 881. The Morgan fingerprint density at radius 2 is 1.96 bits per heavy atom. The SMILES string of the molecule is COc1c(Cl)cc(C(=O)N2CCCC(C(=O)Nc3cccc(C)n3)C2)cc1Cl. The van der Waals surface area contributed by atoms with E-state index < -0.39 is 0 Å². The summed E-state index contributed by atoms with van der Waals surface area (Å²) in [4.78, 5) is 31.5. The molecule has 1 unspecified atom stereocenters. The van der Waals surface area contributed by atoms with E-state index >= 15 is 0 Å². The lowest BCUT2D eigenvalue weighted by molar-refractivity contribution is -0.121. The standard InChI is InChI=1S/C20H21Cl2N3O3/c1-12-5-3-7-17(23-12)24-19(26)13-6-4-8-25(11-13)20(27)14-9-15(21)18(28-2)16(22)10-14/h3,5,7,9-10,13H,4,6,8,11H2,1-2H3,(H,23,24,26). The Kier molecular flexibility index (Phi) is 6.42. The van der Waals surface area contributed by atoms with E-state index in [0.29, 0.717) is 36.6 Å². The lowest BCUT2D eigenvalue weighted by Crippen LogP contribution is -2.43. The summed E-state index contributed by atoms with van der Waals surface area (Å²) in [6.07, 6.45) is 1.45. The van der Waals surface area contributed by atoms with Crippen molar-refractivity contribution in [3.05, 3.63) is 51.6 Å². The normalized spacial score (nSPS) is 16.6. The van der Waals surface area contributed by atoms with E-state index in [4.69, 9.17) is 27.9 Å². The van der Waals surface area contributed by atoms with E-state index in [1.54, 1.807) is 11.0 Å². The molecule has 0 radical (unpaired) electrons. The number of amides is 2. The number of rotatable bonds is 4. The summed E-state index contributed by atoms with van der Waals surface area (Å²) in [5.74, 6) is 0.201. The largest absolute Gasteiger partial charge is 0.494 e. The maximum absolute atomic E-state index is 12.9. The van der Waals surface area contributed by atoms with Gasteiger partial charge in [-0.3, -0.25) is 9.59 Å². The van der Waals surface area contributed by atoms with Crippen LogP contribution in [0.2, 0.25) is 10.0 Å². The van der Waals surface area contributed by atoms with Crippen molar-refractivity contribution >= 4 is 40.8 Å². The van der Waals surface area contributed by atoms with Gasteiger partial charge in [-0.2, -0.15) is 0 Å². The monoisotopic (exact) mass is 421 g/mol. The molecule has 0 bridgehead atoms. The quantitative estimate of drug-likeness (QED) is 0.802. The smallest absolute Gasteiger partial charge is 0.253 e. The van der Waals surface area contributed by atoms with Crippen molar-refractivity contribution in [2.75, 3.05) is 25.5 Å². The third-order valence-corrected chi connectivity index (χ3v) is 5.23. The van der Waals surface area contributed by atoms with Crippen molar-refractivity contribution in [2.45, 2.75) is 19.8 Å². The number of anilines is 1. The molecule has 6 nitrogen and oxygen atoms in total. The number of nitrogens with one attached hydrogen (secondary N) is 1. The van der Waals surface area contributed by atoms with Gasteiger partial charge in [0.05, 0.1) is 23.1 Å². The molecular weight excluding hydrogens is 401 g/mol. The average Bonchev–Trinajstić information content (AvgIpc) is 2.67. The molecule has 0 spiro atoms. The van der Waals surface area contributed by atoms with Crippen LogP contribution in [0.5, 0.6) is 5.75 Å². The molecule has 2 aromatic rings. The fourth-order valence-electron chi connectivity index (χ4n) is 3.28. The number of nitrogens with zero attached hydrogens (tertiary/aromatic N) is 2. The number of halogens is 2. The molecule has 0 aliphatic carbocycles. The van der Waals surface area contributed by atoms with Gasteiger partial charge in [-0.15, -0.1) is 0 Å². The lowest BCUT2D eigenvalue weighted by Gasteiger charge is -2.32. The molecule has 1 aliphatic heterocycles. The van der Waals surface area contributed by atoms with Gasteiger partial charge in [0.2, 0.25) is 5.91 Å². The van der Waals surface area contributed by atoms with Gasteiger partial charge in [-0.1, -0.05) is 29.3 Å². The van der Waals surface area contributed by atoms with Crippen LogP contribution >= 0.6 is 23.2 Å². The number of pyridine rings is 1. The Labute approximate surface area is 173 Å². The molecule has 1 aliphatic rings. The number of carbonyl (C=O) groups is 2. The molecule has 1 aromatic heterocycles. The number of benzene rings is 1. The number of carbonyl (C=O) groups excluding carboxylic acids is 2. The van der Waals surface area contributed by atoms with Crippen molar-refractivity contribution < 1.29 is 14.3 Å². The zero-order valence-electron chi connectivity index (χ0n) is 15.7. The highest BCUT2D eigenvalue weighted by Gasteiger charge is 2.29. The zero-order chi connectivity index (χ0) is 20.3. The molecule has 1 atom stereocenters. The number of methoxy groups -OCH3 is 1. The predicted molar refractivity (Wildman–Crippen MR) is 109 cm³/mol. The van der Waals surface area contributed by atoms with E-state index in [9.17, 15) is 9.59 Å². The molecule has 0 saturated carbocycles. The highest BCUT2D eigenvalue weighted by molar-refractivity contribution is 6.37. The van der Waals surface area contributed by atoms with Crippen LogP contribution in [0.4, 0.5) is 5.82 Å². The van der Waals surface area contributed by atoms with Crippen LogP contribution in [0.3, 0.4) is 0 Å². The van der Waals surface area contributed by atoms with E-state index in [0.717, 1.165) is 12.1 Å². The number of aromatic nitrogens is 1. The van der Waals surface area contributed by atoms with Crippen LogP contribution in [0.1, 0.15) is 28.9 Å². The first-order chi connectivity index (χ1) is 13.4. The summed E-state index contributed by atoms with van der Waals surface area (Å²) in [5.41, 5.74) is 1.20. The fourth-order valence-corrected chi connectivity index (χ4v) is 3.92. The van der Waals surface area contributed by atoms with Gasteiger partial charge in [0.1, 0.15) is 5.82 Å². The zero-order valence-corrected chi connectivity index (χ0v) is 17.2. The Morgan fingerprint density at radius 3 is 2.61 bits per heavy atom. The molecule has 148 valence electrons. The first-order valence-electron chi connectivity index (χ1n) is 8.96. The average molecular weight is 422 g/mol. The Balaban J connectivity index is 1.70. The van der Waals surface area contributed by atoms with Gasteiger partial charge in [-0.25, -0.2) is 4.98 Å². The summed E-state index contributed by atoms with van der Waals surface area (Å²) in [6.45, 7) is 2.77. The van der Waals surface area contributed by atoms with Crippen molar-refractivity contribution in [3.8, 4) is 5.75 Å². The minimum absolute atomic E-state index is 0.138.